The van der Waals surface area contributed by atoms with E-state index in [1.807, 2.05) is 11.6 Å². The van der Waals surface area contributed by atoms with Crippen molar-refractivity contribution in [3.8, 4) is 0 Å². The van der Waals surface area contributed by atoms with Crippen LogP contribution in [0.15, 0.2) is 11.3 Å². The van der Waals surface area contributed by atoms with Gasteiger partial charge in [-0.25, -0.2) is 0 Å². The Morgan fingerprint density at radius 3 is 2.65 bits per heavy atom. The van der Waals surface area contributed by atoms with Crippen LogP contribution in [0.4, 0.5) is 0 Å². The van der Waals surface area contributed by atoms with Crippen LogP contribution in [-0.4, -0.2) is 33.8 Å². The first-order chi connectivity index (χ1) is 9.19. The number of hydrogen-bond donors (Lipinski definition) is 2. The summed E-state index contributed by atoms with van der Waals surface area (Å²) in [6, 6.07) is 0.543. The number of rotatable bonds is 3. The summed E-state index contributed by atoms with van der Waals surface area (Å²) in [4.78, 5) is 4.27. The van der Waals surface area contributed by atoms with Crippen LogP contribution in [0.1, 0.15) is 38.4 Å². The molecule has 1 aliphatic carbocycles. The predicted molar refractivity (Wildman–Crippen MR) is 91.2 cm³/mol. The second-order valence-corrected chi connectivity index (χ2v) is 5.38. The van der Waals surface area contributed by atoms with Gasteiger partial charge in [-0.1, -0.05) is 6.92 Å². The molecule has 1 aromatic heterocycles. The molecule has 1 saturated carbocycles. The second-order valence-electron chi connectivity index (χ2n) is 5.38. The van der Waals surface area contributed by atoms with Gasteiger partial charge in [0.05, 0.1) is 6.54 Å². The highest BCUT2D eigenvalue weighted by Gasteiger charge is 2.18. The Bertz CT molecular complexity index is 422. The maximum atomic E-state index is 4.27. The predicted octanol–water partition coefficient (Wildman–Crippen LogP) is 1.68. The van der Waals surface area contributed by atoms with Crippen molar-refractivity contribution in [2.75, 3.05) is 7.05 Å². The number of guanidine groups is 1. The van der Waals surface area contributed by atoms with Crippen molar-refractivity contribution in [2.24, 2.45) is 18.0 Å². The molecule has 1 heterocycles. The molecule has 0 unspecified atom stereocenters. The zero-order valence-corrected chi connectivity index (χ0v) is 14.8. The van der Waals surface area contributed by atoms with E-state index in [0.717, 1.165) is 17.7 Å². The molecule has 0 amide bonds. The molecule has 0 aromatic carbocycles. The van der Waals surface area contributed by atoms with Gasteiger partial charge in [-0.3, -0.25) is 4.99 Å². The molecule has 6 nitrogen and oxygen atoms in total. The molecule has 7 heteroatoms. The Kier molecular flexibility index (Phi) is 7.25. The van der Waals surface area contributed by atoms with Crippen molar-refractivity contribution in [3.05, 3.63) is 12.2 Å². The van der Waals surface area contributed by atoms with Crippen LogP contribution < -0.4 is 10.6 Å². The average molecular weight is 392 g/mol. The Labute approximate surface area is 137 Å². The molecule has 1 aromatic rings. The standard InChI is InChI=1S/C13H24N6.HI/c1-10-4-6-11(7-5-10)17-13(14-2)15-8-12-18-16-9-19(12)3;/h9-11H,4-8H2,1-3H3,(H2,14,15,17);1H. The SMILES string of the molecule is CN=C(NCc1nncn1C)NC1CCC(C)CC1.I. The first kappa shape index (κ1) is 17.2. The molecule has 0 saturated heterocycles. The number of hydrogen-bond acceptors (Lipinski definition) is 3. The van der Waals surface area contributed by atoms with Crippen LogP contribution >= 0.6 is 24.0 Å². The fourth-order valence-electron chi connectivity index (χ4n) is 2.42. The lowest BCUT2D eigenvalue weighted by atomic mass is 9.87. The zero-order valence-electron chi connectivity index (χ0n) is 12.5. The Balaban J connectivity index is 0.00000200. The lowest BCUT2D eigenvalue weighted by Crippen LogP contribution is -2.44. The summed E-state index contributed by atoms with van der Waals surface area (Å²) in [5.41, 5.74) is 0. The monoisotopic (exact) mass is 392 g/mol. The smallest absolute Gasteiger partial charge is 0.191 e. The maximum absolute atomic E-state index is 4.27. The van der Waals surface area contributed by atoms with E-state index in [9.17, 15) is 0 Å². The zero-order chi connectivity index (χ0) is 13.7. The van der Waals surface area contributed by atoms with Crippen molar-refractivity contribution < 1.29 is 0 Å². The molecule has 0 radical (unpaired) electrons. The fourth-order valence-corrected chi connectivity index (χ4v) is 2.42. The van der Waals surface area contributed by atoms with E-state index in [4.69, 9.17) is 0 Å². The third kappa shape index (κ3) is 4.92. The first-order valence-corrected chi connectivity index (χ1v) is 6.99. The highest BCUT2D eigenvalue weighted by Crippen LogP contribution is 2.23. The van der Waals surface area contributed by atoms with Crippen LogP contribution in [0.2, 0.25) is 0 Å². The molecule has 2 rings (SSSR count). The number of nitrogens with zero attached hydrogens (tertiary/aromatic N) is 4. The van der Waals surface area contributed by atoms with E-state index in [-0.39, 0.29) is 24.0 Å². The fraction of sp³-hybridized carbons (Fsp3) is 0.769. The number of aliphatic imine (C=N–C) groups is 1. The van der Waals surface area contributed by atoms with Gasteiger partial charge in [0.15, 0.2) is 11.8 Å². The van der Waals surface area contributed by atoms with Crippen LogP contribution in [-0.2, 0) is 13.6 Å². The topological polar surface area (TPSA) is 67.1 Å². The third-order valence-corrected chi connectivity index (χ3v) is 3.80. The Morgan fingerprint density at radius 2 is 2.10 bits per heavy atom. The van der Waals surface area contributed by atoms with Crippen molar-refractivity contribution in [3.63, 3.8) is 0 Å². The molecule has 0 spiro atoms. The number of halogens is 1. The van der Waals surface area contributed by atoms with Crippen molar-refractivity contribution in [1.29, 1.82) is 0 Å². The summed E-state index contributed by atoms with van der Waals surface area (Å²) in [5, 5.41) is 14.7. The summed E-state index contributed by atoms with van der Waals surface area (Å²) in [6.07, 6.45) is 6.77. The average Bonchev–Trinajstić information content (AvgIpc) is 2.82. The highest BCUT2D eigenvalue weighted by molar-refractivity contribution is 14.0. The van der Waals surface area contributed by atoms with E-state index in [2.05, 4.69) is 32.7 Å². The molecule has 20 heavy (non-hydrogen) atoms. The molecule has 0 aliphatic heterocycles. The van der Waals surface area contributed by atoms with Crippen LogP contribution in [0.25, 0.3) is 0 Å². The van der Waals surface area contributed by atoms with Crippen molar-refractivity contribution >= 4 is 29.9 Å². The number of aryl methyl sites for hydroxylation is 1. The highest BCUT2D eigenvalue weighted by atomic mass is 127. The van der Waals surface area contributed by atoms with Crippen LogP contribution in [0.3, 0.4) is 0 Å². The molecule has 1 aliphatic rings. The molecule has 2 N–H and O–H groups in total. The molecule has 1 fully saturated rings. The van der Waals surface area contributed by atoms with Gasteiger partial charge in [0.25, 0.3) is 0 Å². The Hall–Kier alpha value is -0.860. The van der Waals surface area contributed by atoms with Gasteiger partial charge in [-0.2, -0.15) is 0 Å². The van der Waals surface area contributed by atoms with E-state index in [1.165, 1.54) is 25.7 Å². The number of aromatic nitrogens is 3. The van der Waals surface area contributed by atoms with E-state index in [0.29, 0.717) is 12.6 Å². The van der Waals surface area contributed by atoms with E-state index < -0.39 is 0 Å². The normalized spacial score (nSPS) is 23.1. The first-order valence-electron chi connectivity index (χ1n) is 6.99. The maximum Gasteiger partial charge on any atom is 0.191 e. The van der Waals surface area contributed by atoms with Gasteiger partial charge in [0.1, 0.15) is 6.33 Å². The van der Waals surface area contributed by atoms with Crippen molar-refractivity contribution in [2.45, 2.75) is 45.2 Å². The Morgan fingerprint density at radius 1 is 1.40 bits per heavy atom. The third-order valence-electron chi connectivity index (χ3n) is 3.80. The molecular formula is C13H25IN6. The molecule has 0 atom stereocenters. The summed E-state index contributed by atoms with van der Waals surface area (Å²) < 4.78 is 1.91. The molecule has 114 valence electrons. The largest absolute Gasteiger partial charge is 0.354 e. The molecular weight excluding hydrogens is 367 g/mol. The summed E-state index contributed by atoms with van der Waals surface area (Å²) >= 11 is 0. The number of nitrogens with one attached hydrogen (secondary N) is 2. The van der Waals surface area contributed by atoms with Gasteiger partial charge >= 0.3 is 0 Å². The van der Waals surface area contributed by atoms with Gasteiger partial charge in [-0.05, 0) is 31.6 Å². The summed E-state index contributed by atoms with van der Waals surface area (Å²) in [7, 11) is 3.74. The van der Waals surface area contributed by atoms with E-state index in [1.54, 1.807) is 13.4 Å². The summed E-state index contributed by atoms with van der Waals surface area (Å²) in [5.74, 6) is 2.62. The minimum Gasteiger partial charge on any atom is -0.354 e. The van der Waals surface area contributed by atoms with Crippen LogP contribution in [0, 0.1) is 5.92 Å². The minimum absolute atomic E-state index is 0. The lowest BCUT2D eigenvalue weighted by Gasteiger charge is -2.28. The molecule has 0 bridgehead atoms. The lowest BCUT2D eigenvalue weighted by molar-refractivity contribution is 0.329. The quantitative estimate of drug-likeness (QED) is 0.467. The van der Waals surface area contributed by atoms with Crippen molar-refractivity contribution in [1.82, 2.24) is 25.4 Å². The second kappa shape index (κ2) is 8.43. The minimum atomic E-state index is 0. The van der Waals surface area contributed by atoms with Gasteiger partial charge in [-0.15, -0.1) is 34.2 Å². The van der Waals surface area contributed by atoms with Gasteiger partial charge in [0, 0.05) is 20.1 Å². The van der Waals surface area contributed by atoms with Gasteiger partial charge < -0.3 is 15.2 Å². The van der Waals surface area contributed by atoms with E-state index >= 15 is 0 Å². The van der Waals surface area contributed by atoms with Crippen LogP contribution in [0.5, 0.6) is 0 Å². The van der Waals surface area contributed by atoms with Gasteiger partial charge in [0.2, 0.25) is 0 Å². The summed E-state index contributed by atoms with van der Waals surface area (Å²) in [6.45, 7) is 2.97.